The molecule has 0 saturated heterocycles. The van der Waals surface area contributed by atoms with Crippen molar-refractivity contribution in [3.63, 3.8) is 0 Å². The Kier molecular flexibility index (Phi) is 6.28. The van der Waals surface area contributed by atoms with Crippen molar-refractivity contribution in [1.82, 2.24) is 10.3 Å². The predicted molar refractivity (Wildman–Crippen MR) is 92.3 cm³/mol. The van der Waals surface area contributed by atoms with Crippen molar-refractivity contribution in [2.75, 3.05) is 11.9 Å². The zero-order valence-corrected chi connectivity index (χ0v) is 13.9. The van der Waals surface area contributed by atoms with Crippen molar-refractivity contribution >= 4 is 29.1 Å². The summed E-state index contributed by atoms with van der Waals surface area (Å²) in [6.45, 7) is 1.77. The number of rotatable bonds is 6. The van der Waals surface area contributed by atoms with Gasteiger partial charge < -0.3 is 15.7 Å². The molecule has 0 fully saturated rings. The summed E-state index contributed by atoms with van der Waals surface area (Å²) in [4.78, 5) is 28.0. The molecule has 0 spiro atoms. The number of aromatic nitrogens is 1. The maximum Gasteiger partial charge on any atom is 0.255 e. The van der Waals surface area contributed by atoms with E-state index in [-0.39, 0.29) is 29.6 Å². The normalized spacial score (nSPS) is 11.6. The third kappa shape index (κ3) is 4.78. The fraction of sp³-hybridized carbons (Fsp3) is 0.235. The summed E-state index contributed by atoms with van der Waals surface area (Å²) >= 11 is 5.76. The van der Waals surface area contributed by atoms with Crippen LogP contribution in [-0.4, -0.2) is 34.6 Å². The van der Waals surface area contributed by atoms with E-state index in [1.54, 1.807) is 30.3 Å². The molecule has 3 N–H and O–H groups in total. The molecular formula is C17H18ClN3O3. The Morgan fingerprint density at radius 1 is 1.17 bits per heavy atom. The Labute approximate surface area is 144 Å². The second-order valence-corrected chi connectivity index (χ2v) is 5.55. The van der Waals surface area contributed by atoms with Gasteiger partial charge in [0.25, 0.3) is 11.8 Å². The number of amides is 2. The van der Waals surface area contributed by atoms with Gasteiger partial charge >= 0.3 is 0 Å². The van der Waals surface area contributed by atoms with Gasteiger partial charge in [-0.05, 0) is 42.8 Å². The van der Waals surface area contributed by atoms with Crippen molar-refractivity contribution in [1.29, 1.82) is 0 Å². The molecular weight excluding hydrogens is 330 g/mol. The molecule has 0 radical (unpaired) electrons. The molecule has 126 valence electrons. The van der Waals surface area contributed by atoms with Gasteiger partial charge in [0, 0.05) is 23.0 Å². The summed E-state index contributed by atoms with van der Waals surface area (Å²) in [5.41, 5.74) is 1.40. The van der Waals surface area contributed by atoms with Gasteiger partial charge in [-0.3, -0.25) is 9.59 Å². The summed E-state index contributed by atoms with van der Waals surface area (Å²) in [7, 11) is 0. The fourth-order valence-corrected chi connectivity index (χ4v) is 2.17. The van der Waals surface area contributed by atoms with Crippen molar-refractivity contribution in [2.24, 2.45) is 0 Å². The minimum atomic E-state index is -0.317. The largest absolute Gasteiger partial charge is 0.394 e. The zero-order chi connectivity index (χ0) is 17.5. The smallest absolute Gasteiger partial charge is 0.255 e. The number of halogens is 1. The van der Waals surface area contributed by atoms with Crippen molar-refractivity contribution in [2.45, 2.75) is 19.4 Å². The van der Waals surface area contributed by atoms with Gasteiger partial charge in [0.15, 0.2) is 0 Å². The molecule has 1 unspecified atom stereocenters. The van der Waals surface area contributed by atoms with Gasteiger partial charge in [-0.25, -0.2) is 4.98 Å². The summed E-state index contributed by atoms with van der Waals surface area (Å²) in [6, 6.07) is 9.24. The molecule has 2 rings (SSSR count). The number of carbonyl (C=O) groups excluding carboxylic acids is 2. The number of pyridine rings is 1. The average Bonchev–Trinajstić information content (AvgIpc) is 2.60. The van der Waals surface area contributed by atoms with Gasteiger partial charge in [-0.1, -0.05) is 18.5 Å². The highest BCUT2D eigenvalue weighted by Gasteiger charge is 2.12. The van der Waals surface area contributed by atoms with Gasteiger partial charge in [0.2, 0.25) is 0 Å². The Hall–Kier alpha value is -2.44. The highest BCUT2D eigenvalue weighted by molar-refractivity contribution is 6.29. The summed E-state index contributed by atoms with van der Waals surface area (Å²) in [5.74, 6) is -0.586. The average molecular weight is 348 g/mol. The van der Waals surface area contributed by atoms with E-state index in [1.807, 2.05) is 6.92 Å². The van der Waals surface area contributed by atoms with Crippen LogP contribution < -0.4 is 10.6 Å². The Balaban J connectivity index is 2.01. The Morgan fingerprint density at radius 3 is 2.46 bits per heavy atom. The standard InChI is InChI=1S/C17H18ClN3O3/c1-2-13(10-22)20-16(23)11-3-5-14(6-4-11)21-17(24)12-7-8-19-15(18)9-12/h3-9,13,22H,2,10H2,1H3,(H,20,23)(H,21,24). The van der Waals surface area contributed by atoms with Gasteiger partial charge in [-0.15, -0.1) is 0 Å². The van der Waals surface area contributed by atoms with E-state index in [2.05, 4.69) is 15.6 Å². The lowest BCUT2D eigenvalue weighted by Gasteiger charge is -2.14. The van der Waals surface area contributed by atoms with E-state index >= 15 is 0 Å². The molecule has 0 aliphatic rings. The zero-order valence-electron chi connectivity index (χ0n) is 13.1. The molecule has 1 heterocycles. The maximum atomic E-state index is 12.1. The first-order valence-electron chi connectivity index (χ1n) is 7.48. The van der Waals surface area contributed by atoms with Crippen LogP contribution in [-0.2, 0) is 0 Å². The van der Waals surface area contributed by atoms with E-state index in [9.17, 15) is 9.59 Å². The number of carbonyl (C=O) groups is 2. The molecule has 0 aliphatic heterocycles. The fourth-order valence-electron chi connectivity index (χ4n) is 2.00. The van der Waals surface area contributed by atoms with Crippen molar-refractivity contribution in [3.05, 3.63) is 58.9 Å². The van der Waals surface area contributed by atoms with E-state index in [0.29, 0.717) is 23.2 Å². The maximum absolute atomic E-state index is 12.1. The molecule has 1 aromatic carbocycles. The van der Waals surface area contributed by atoms with Gasteiger partial charge in [0.1, 0.15) is 5.15 Å². The van der Waals surface area contributed by atoms with E-state index < -0.39 is 0 Å². The summed E-state index contributed by atoms with van der Waals surface area (Å²) in [6.07, 6.45) is 2.10. The second kappa shape index (κ2) is 8.42. The molecule has 1 atom stereocenters. The minimum Gasteiger partial charge on any atom is -0.394 e. The van der Waals surface area contributed by atoms with Crippen LogP contribution in [0.5, 0.6) is 0 Å². The monoisotopic (exact) mass is 347 g/mol. The third-order valence-corrected chi connectivity index (χ3v) is 3.65. The highest BCUT2D eigenvalue weighted by Crippen LogP contribution is 2.13. The van der Waals surface area contributed by atoms with Crippen LogP contribution in [0.25, 0.3) is 0 Å². The Bertz CT molecular complexity index is 715. The van der Waals surface area contributed by atoms with Crippen LogP contribution in [0.3, 0.4) is 0 Å². The molecule has 0 bridgehead atoms. The lowest BCUT2D eigenvalue weighted by molar-refractivity contribution is 0.0914. The van der Waals surface area contributed by atoms with E-state index in [0.717, 1.165) is 0 Å². The molecule has 2 aromatic rings. The van der Waals surface area contributed by atoms with Crippen LogP contribution in [0.2, 0.25) is 5.15 Å². The van der Waals surface area contributed by atoms with Crippen molar-refractivity contribution < 1.29 is 14.7 Å². The second-order valence-electron chi connectivity index (χ2n) is 5.16. The summed E-state index contributed by atoms with van der Waals surface area (Å²) < 4.78 is 0. The van der Waals surface area contributed by atoms with Crippen LogP contribution in [0.4, 0.5) is 5.69 Å². The number of aliphatic hydroxyl groups excluding tert-OH is 1. The van der Waals surface area contributed by atoms with Crippen molar-refractivity contribution in [3.8, 4) is 0 Å². The van der Waals surface area contributed by atoms with Gasteiger partial charge in [-0.2, -0.15) is 0 Å². The first-order chi connectivity index (χ1) is 11.5. The SMILES string of the molecule is CCC(CO)NC(=O)c1ccc(NC(=O)c2ccnc(Cl)c2)cc1. The number of hydrogen-bond donors (Lipinski definition) is 3. The number of anilines is 1. The molecule has 2 amide bonds. The van der Waals surface area contributed by atoms with E-state index in [4.69, 9.17) is 16.7 Å². The Morgan fingerprint density at radius 2 is 1.88 bits per heavy atom. The van der Waals surface area contributed by atoms with Gasteiger partial charge in [0.05, 0.1) is 12.6 Å². The quantitative estimate of drug-likeness (QED) is 0.700. The van der Waals surface area contributed by atoms with Crippen LogP contribution >= 0.6 is 11.6 Å². The molecule has 7 heteroatoms. The van der Waals surface area contributed by atoms with Crippen LogP contribution in [0.15, 0.2) is 42.6 Å². The lowest BCUT2D eigenvalue weighted by atomic mass is 10.1. The van der Waals surface area contributed by atoms with E-state index in [1.165, 1.54) is 12.3 Å². The van der Waals surface area contributed by atoms with Crippen LogP contribution in [0.1, 0.15) is 34.1 Å². The number of benzene rings is 1. The first kappa shape index (κ1) is 17.9. The number of aliphatic hydroxyl groups is 1. The lowest BCUT2D eigenvalue weighted by Crippen LogP contribution is -2.36. The predicted octanol–water partition coefficient (Wildman–Crippen LogP) is 2.49. The molecule has 0 saturated carbocycles. The topological polar surface area (TPSA) is 91.3 Å². The number of nitrogens with zero attached hydrogens (tertiary/aromatic N) is 1. The highest BCUT2D eigenvalue weighted by atomic mass is 35.5. The molecule has 6 nitrogen and oxygen atoms in total. The minimum absolute atomic E-state index is 0.106. The van der Waals surface area contributed by atoms with Crippen LogP contribution in [0, 0.1) is 0 Å². The molecule has 24 heavy (non-hydrogen) atoms. The first-order valence-corrected chi connectivity index (χ1v) is 7.86. The molecule has 0 aliphatic carbocycles. The summed E-state index contributed by atoms with van der Waals surface area (Å²) in [5, 5.41) is 14.8. The third-order valence-electron chi connectivity index (χ3n) is 3.44. The number of hydrogen-bond acceptors (Lipinski definition) is 4. The molecule has 1 aromatic heterocycles. The number of nitrogens with one attached hydrogen (secondary N) is 2.